The molecule has 1 aromatic carbocycles. The number of aliphatic imine (C=N–C) groups is 1. The van der Waals surface area contributed by atoms with Crippen molar-refractivity contribution in [3.8, 4) is 0 Å². The molecule has 1 fully saturated rings. The standard InChI is InChI=1S/C23H31N7O7S/c1-14-8-10-29(18(12-14)22(32)33)21(31)17(6-4-9-25-23(24)27-30(34)35)28-38(36,37)19-7-3-5-16-11-15(2)13-26-20(16)19/h3,5,7,11,13-14,17-18,28H,4,6,8-10,12H2,1-2H3,(H,32,33)(H3,24,25,27)/t14-,17+,18+/m0/s1. The van der Waals surface area contributed by atoms with Gasteiger partial charge in [-0.3, -0.25) is 9.78 Å². The summed E-state index contributed by atoms with van der Waals surface area (Å²) in [5, 5.41) is 19.9. The van der Waals surface area contributed by atoms with Crippen LogP contribution in [0.4, 0.5) is 0 Å². The van der Waals surface area contributed by atoms with Crippen molar-refractivity contribution in [2.75, 3.05) is 13.1 Å². The van der Waals surface area contributed by atoms with Gasteiger partial charge in [-0.2, -0.15) is 4.72 Å². The van der Waals surface area contributed by atoms with E-state index in [1.54, 1.807) is 23.6 Å². The van der Waals surface area contributed by atoms with E-state index >= 15 is 0 Å². The zero-order valence-electron chi connectivity index (χ0n) is 21.0. The average Bonchev–Trinajstić information content (AvgIpc) is 2.84. The molecule has 1 aliphatic rings. The fourth-order valence-corrected chi connectivity index (χ4v) is 5.81. The van der Waals surface area contributed by atoms with Crippen molar-refractivity contribution in [3.63, 3.8) is 0 Å². The summed E-state index contributed by atoms with van der Waals surface area (Å²) >= 11 is 0. The van der Waals surface area contributed by atoms with E-state index in [9.17, 15) is 33.2 Å². The van der Waals surface area contributed by atoms with E-state index in [-0.39, 0.29) is 48.7 Å². The molecular weight excluding hydrogens is 518 g/mol. The second-order valence-electron chi connectivity index (χ2n) is 9.31. The fraction of sp³-hybridized carbons (Fsp3) is 0.478. The number of guanidine groups is 1. The number of hydrogen-bond acceptors (Lipinski definition) is 8. The van der Waals surface area contributed by atoms with Crippen LogP contribution in [0.2, 0.25) is 0 Å². The maximum absolute atomic E-state index is 13.6. The third-order valence-corrected chi connectivity index (χ3v) is 7.77. The Kier molecular flexibility index (Phi) is 9.17. The van der Waals surface area contributed by atoms with Gasteiger partial charge in [-0.05, 0) is 56.2 Å². The number of hydrogen-bond donors (Lipinski definition) is 4. The summed E-state index contributed by atoms with van der Waals surface area (Å²) in [5.74, 6) is -2.18. The van der Waals surface area contributed by atoms with Gasteiger partial charge in [-0.1, -0.05) is 24.5 Å². The number of carboxylic acids is 1. The van der Waals surface area contributed by atoms with E-state index in [2.05, 4.69) is 14.7 Å². The summed E-state index contributed by atoms with van der Waals surface area (Å²) in [6.07, 6.45) is 2.45. The van der Waals surface area contributed by atoms with Crippen molar-refractivity contribution in [3.05, 3.63) is 46.1 Å². The zero-order chi connectivity index (χ0) is 28.0. The van der Waals surface area contributed by atoms with E-state index in [1.165, 1.54) is 17.2 Å². The molecule has 3 rings (SSSR count). The van der Waals surface area contributed by atoms with Crippen LogP contribution in [0.5, 0.6) is 0 Å². The minimum atomic E-state index is -4.27. The highest BCUT2D eigenvalue weighted by atomic mass is 32.2. The maximum atomic E-state index is 13.6. The highest BCUT2D eigenvalue weighted by Gasteiger charge is 2.39. The predicted molar refractivity (Wildman–Crippen MR) is 138 cm³/mol. The number of pyridine rings is 1. The maximum Gasteiger partial charge on any atom is 0.326 e. The second kappa shape index (κ2) is 12.1. The van der Waals surface area contributed by atoms with Gasteiger partial charge in [0, 0.05) is 24.7 Å². The summed E-state index contributed by atoms with van der Waals surface area (Å²) in [4.78, 5) is 45.1. The van der Waals surface area contributed by atoms with Crippen LogP contribution in [0.1, 0.15) is 38.2 Å². The SMILES string of the molecule is Cc1cnc2c(S(=O)(=O)N[C@H](CCCN=C(N)N[N+](=O)[O-])C(=O)N3CC[C@H](C)C[C@@H]3C(=O)O)cccc2c1. The number of sulfonamides is 1. The van der Waals surface area contributed by atoms with Crippen molar-refractivity contribution >= 4 is 38.8 Å². The summed E-state index contributed by atoms with van der Waals surface area (Å²) in [6, 6.07) is 4.07. The van der Waals surface area contributed by atoms with E-state index in [1.807, 2.05) is 13.8 Å². The van der Waals surface area contributed by atoms with Crippen molar-refractivity contribution < 1.29 is 28.1 Å². The molecule has 15 heteroatoms. The highest BCUT2D eigenvalue weighted by Crippen LogP contribution is 2.26. The number of carboxylic acid groups (broad SMARTS) is 1. The number of nitrogens with two attached hydrogens (primary N) is 1. The molecule has 38 heavy (non-hydrogen) atoms. The molecule has 0 saturated carbocycles. The molecule has 3 atom stereocenters. The van der Waals surface area contributed by atoms with Gasteiger partial charge in [0.1, 0.15) is 17.0 Å². The Morgan fingerprint density at radius 3 is 2.82 bits per heavy atom. The summed E-state index contributed by atoms with van der Waals surface area (Å²) in [5.41, 5.74) is 8.19. The molecule has 0 unspecified atom stereocenters. The number of aryl methyl sites for hydroxylation is 1. The van der Waals surface area contributed by atoms with Crippen LogP contribution in [-0.2, 0) is 19.6 Å². The molecule has 206 valence electrons. The van der Waals surface area contributed by atoms with Crippen molar-refractivity contribution in [1.82, 2.24) is 20.0 Å². The minimum Gasteiger partial charge on any atom is -0.480 e. The van der Waals surface area contributed by atoms with E-state index < -0.39 is 45.0 Å². The van der Waals surface area contributed by atoms with Crippen molar-refractivity contribution in [2.24, 2.45) is 16.6 Å². The Bertz CT molecular complexity index is 1350. The average molecular weight is 550 g/mol. The van der Waals surface area contributed by atoms with Crippen LogP contribution in [-0.4, -0.2) is 71.4 Å². The molecule has 0 radical (unpaired) electrons. The Balaban J connectivity index is 1.89. The van der Waals surface area contributed by atoms with Gasteiger partial charge < -0.3 is 15.7 Å². The first-order valence-corrected chi connectivity index (χ1v) is 13.5. The second-order valence-corrected chi connectivity index (χ2v) is 11.0. The number of rotatable bonds is 10. The number of benzene rings is 1. The van der Waals surface area contributed by atoms with Crippen LogP contribution in [0.15, 0.2) is 40.4 Å². The van der Waals surface area contributed by atoms with Gasteiger partial charge in [0.05, 0.1) is 5.52 Å². The van der Waals surface area contributed by atoms with Gasteiger partial charge in [0.25, 0.3) is 5.96 Å². The molecular formula is C23H31N7O7S. The first kappa shape index (κ1) is 28.7. The highest BCUT2D eigenvalue weighted by molar-refractivity contribution is 7.89. The number of nitrogens with zero attached hydrogens (tertiary/aromatic N) is 4. The number of carbonyl (C=O) groups excluding carboxylic acids is 1. The van der Waals surface area contributed by atoms with Crippen molar-refractivity contribution in [1.29, 1.82) is 0 Å². The monoisotopic (exact) mass is 549 g/mol. The van der Waals surface area contributed by atoms with Crippen LogP contribution < -0.4 is 15.9 Å². The smallest absolute Gasteiger partial charge is 0.326 e. The summed E-state index contributed by atoms with van der Waals surface area (Å²) in [7, 11) is -4.27. The summed E-state index contributed by atoms with van der Waals surface area (Å²) in [6.45, 7) is 3.86. The number of carbonyl (C=O) groups is 2. The Hall–Kier alpha value is -3.85. The van der Waals surface area contributed by atoms with Gasteiger partial charge in [-0.25, -0.2) is 28.3 Å². The number of para-hydroxylation sites is 1. The van der Waals surface area contributed by atoms with Gasteiger partial charge in [0.15, 0.2) is 5.03 Å². The first-order chi connectivity index (χ1) is 17.9. The molecule has 1 saturated heterocycles. The summed E-state index contributed by atoms with van der Waals surface area (Å²) < 4.78 is 29.4. The molecule has 2 aromatic rings. The number of aliphatic carboxylic acids is 1. The van der Waals surface area contributed by atoms with Crippen LogP contribution in [0.25, 0.3) is 10.9 Å². The molecule has 0 spiro atoms. The minimum absolute atomic E-state index is 0.0350. The van der Waals surface area contributed by atoms with Crippen LogP contribution in [0.3, 0.4) is 0 Å². The number of hydrazine groups is 1. The van der Waals surface area contributed by atoms with E-state index in [4.69, 9.17) is 5.73 Å². The topological polar surface area (TPSA) is 210 Å². The molecule has 1 aromatic heterocycles. The first-order valence-electron chi connectivity index (χ1n) is 12.0. The Labute approximate surface area is 219 Å². The normalized spacial score (nSPS) is 19.2. The molecule has 1 amide bonds. The molecule has 14 nitrogen and oxygen atoms in total. The molecule has 0 bridgehead atoms. The lowest BCUT2D eigenvalue weighted by Crippen LogP contribution is -2.56. The van der Waals surface area contributed by atoms with E-state index in [0.717, 1.165) is 5.56 Å². The third-order valence-electron chi connectivity index (χ3n) is 6.27. The van der Waals surface area contributed by atoms with Gasteiger partial charge in [-0.15, -0.1) is 0 Å². The third kappa shape index (κ3) is 7.13. The molecule has 0 aliphatic carbocycles. The number of piperidine rings is 1. The molecule has 5 N–H and O–H groups in total. The Morgan fingerprint density at radius 1 is 1.39 bits per heavy atom. The zero-order valence-corrected chi connectivity index (χ0v) is 21.8. The number of fused-ring (bicyclic) bond motifs is 1. The largest absolute Gasteiger partial charge is 0.480 e. The number of nitrogens with one attached hydrogen (secondary N) is 2. The number of nitro groups is 1. The lowest BCUT2D eigenvalue weighted by Gasteiger charge is -2.38. The Morgan fingerprint density at radius 2 is 2.13 bits per heavy atom. The lowest BCUT2D eigenvalue weighted by molar-refractivity contribution is -0.525. The van der Waals surface area contributed by atoms with Gasteiger partial charge >= 0.3 is 5.97 Å². The number of aromatic nitrogens is 1. The fourth-order valence-electron chi connectivity index (χ4n) is 4.41. The quantitative estimate of drug-likeness (QED) is 0.107. The van der Waals surface area contributed by atoms with Crippen LogP contribution in [0, 0.1) is 23.0 Å². The van der Waals surface area contributed by atoms with Gasteiger partial charge in [0.2, 0.25) is 15.9 Å². The van der Waals surface area contributed by atoms with E-state index in [0.29, 0.717) is 11.8 Å². The number of amides is 1. The lowest BCUT2D eigenvalue weighted by atomic mass is 9.91. The van der Waals surface area contributed by atoms with Crippen LogP contribution >= 0.6 is 0 Å². The molecule has 1 aliphatic heterocycles. The number of likely N-dealkylation sites (tertiary alicyclic amines) is 1. The molecule has 2 heterocycles. The predicted octanol–water partition coefficient (Wildman–Crippen LogP) is 0.778. The van der Waals surface area contributed by atoms with Crippen molar-refractivity contribution in [2.45, 2.75) is 56.5 Å².